The molecule has 0 heterocycles. The minimum Gasteiger partial charge on any atom is -0.385 e. The van der Waals surface area contributed by atoms with Gasteiger partial charge < -0.3 is 10.6 Å². The van der Waals surface area contributed by atoms with E-state index >= 15 is 0 Å². The fourth-order valence-electron chi connectivity index (χ4n) is 2.71. The predicted octanol–water partition coefficient (Wildman–Crippen LogP) is 3.88. The van der Waals surface area contributed by atoms with E-state index in [9.17, 15) is 4.79 Å². The minimum atomic E-state index is -0.0292. The molecule has 1 aliphatic rings. The van der Waals surface area contributed by atoms with Crippen LogP contribution < -0.4 is 10.6 Å². The van der Waals surface area contributed by atoms with Crippen LogP contribution in [0.15, 0.2) is 24.3 Å². The molecule has 1 fully saturated rings. The summed E-state index contributed by atoms with van der Waals surface area (Å²) in [6, 6.07) is 7.93. The molecular weight excluding hydrogens is 236 g/mol. The third-order valence-electron chi connectivity index (χ3n) is 3.91. The van der Waals surface area contributed by atoms with Crippen LogP contribution >= 0.6 is 0 Å². The summed E-state index contributed by atoms with van der Waals surface area (Å²) in [7, 11) is 0. The van der Waals surface area contributed by atoms with Crippen molar-refractivity contribution in [1.82, 2.24) is 0 Å². The fourth-order valence-corrected chi connectivity index (χ4v) is 2.71. The predicted molar refractivity (Wildman–Crippen MR) is 80.4 cm³/mol. The largest absolute Gasteiger partial charge is 0.385 e. The zero-order valence-corrected chi connectivity index (χ0v) is 11.9. The second-order valence-corrected chi connectivity index (χ2v) is 5.77. The maximum absolute atomic E-state index is 11.0. The van der Waals surface area contributed by atoms with Crippen LogP contribution in [0.4, 0.5) is 11.4 Å². The summed E-state index contributed by atoms with van der Waals surface area (Å²) in [5.41, 5.74) is 1.94. The second kappa shape index (κ2) is 6.60. The Morgan fingerprint density at radius 2 is 1.89 bits per heavy atom. The zero-order chi connectivity index (χ0) is 13.7. The molecule has 1 aromatic rings. The van der Waals surface area contributed by atoms with Crippen LogP contribution in [0.25, 0.3) is 0 Å². The SMILES string of the molecule is CC(=O)Nc1cccc(NCC2CCC(C)CC2)c1. The van der Waals surface area contributed by atoms with E-state index in [1.165, 1.54) is 32.6 Å². The molecular formula is C16H24N2O. The van der Waals surface area contributed by atoms with Crippen molar-refractivity contribution < 1.29 is 4.79 Å². The molecule has 0 spiro atoms. The molecule has 0 bridgehead atoms. The van der Waals surface area contributed by atoms with Crippen LogP contribution in [-0.2, 0) is 4.79 Å². The molecule has 0 radical (unpaired) electrons. The zero-order valence-electron chi connectivity index (χ0n) is 11.9. The summed E-state index contributed by atoms with van der Waals surface area (Å²) in [5, 5.41) is 6.30. The molecule has 2 N–H and O–H groups in total. The molecule has 1 aromatic carbocycles. The van der Waals surface area contributed by atoms with E-state index in [2.05, 4.69) is 23.6 Å². The van der Waals surface area contributed by atoms with Crippen molar-refractivity contribution in [3.8, 4) is 0 Å². The van der Waals surface area contributed by atoms with E-state index in [1.807, 2.05) is 18.2 Å². The van der Waals surface area contributed by atoms with Gasteiger partial charge in [-0.2, -0.15) is 0 Å². The molecule has 0 aliphatic heterocycles. The monoisotopic (exact) mass is 260 g/mol. The Bertz CT molecular complexity index is 423. The van der Waals surface area contributed by atoms with Gasteiger partial charge in [-0.05, 0) is 42.9 Å². The molecule has 0 unspecified atom stereocenters. The van der Waals surface area contributed by atoms with Crippen molar-refractivity contribution in [2.45, 2.75) is 39.5 Å². The van der Waals surface area contributed by atoms with Gasteiger partial charge in [0.1, 0.15) is 0 Å². The van der Waals surface area contributed by atoms with E-state index in [4.69, 9.17) is 0 Å². The first-order valence-corrected chi connectivity index (χ1v) is 7.25. The normalized spacial score (nSPS) is 22.8. The Kier molecular flexibility index (Phi) is 4.83. The molecule has 19 heavy (non-hydrogen) atoms. The number of hydrogen-bond acceptors (Lipinski definition) is 2. The third-order valence-corrected chi connectivity index (χ3v) is 3.91. The van der Waals surface area contributed by atoms with Crippen LogP contribution in [0.5, 0.6) is 0 Å². The Balaban J connectivity index is 1.83. The quantitative estimate of drug-likeness (QED) is 0.862. The summed E-state index contributed by atoms with van der Waals surface area (Å²) < 4.78 is 0. The van der Waals surface area contributed by atoms with Crippen molar-refractivity contribution in [2.75, 3.05) is 17.2 Å². The van der Waals surface area contributed by atoms with Gasteiger partial charge in [-0.1, -0.05) is 25.8 Å². The third kappa shape index (κ3) is 4.58. The molecule has 3 heteroatoms. The minimum absolute atomic E-state index is 0.0292. The summed E-state index contributed by atoms with van der Waals surface area (Å²) >= 11 is 0. The fraction of sp³-hybridized carbons (Fsp3) is 0.562. The van der Waals surface area contributed by atoms with Gasteiger partial charge >= 0.3 is 0 Å². The first-order valence-electron chi connectivity index (χ1n) is 7.25. The van der Waals surface area contributed by atoms with E-state index < -0.39 is 0 Å². The number of hydrogen-bond donors (Lipinski definition) is 2. The number of carbonyl (C=O) groups excluding carboxylic acids is 1. The molecule has 104 valence electrons. The van der Waals surface area contributed by atoms with E-state index in [1.54, 1.807) is 0 Å². The van der Waals surface area contributed by atoms with Crippen LogP contribution in [0.1, 0.15) is 39.5 Å². The highest BCUT2D eigenvalue weighted by atomic mass is 16.1. The summed E-state index contributed by atoms with van der Waals surface area (Å²) in [6.07, 6.45) is 5.38. The van der Waals surface area contributed by atoms with Crippen molar-refractivity contribution in [1.29, 1.82) is 0 Å². The lowest BCUT2D eigenvalue weighted by Crippen LogP contribution is -2.20. The van der Waals surface area contributed by atoms with Crippen LogP contribution in [0, 0.1) is 11.8 Å². The van der Waals surface area contributed by atoms with Gasteiger partial charge in [0.15, 0.2) is 0 Å². The lowest BCUT2D eigenvalue weighted by molar-refractivity contribution is -0.114. The van der Waals surface area contributed by atoms with Gasteiger partial charge in [0.05, 0.1) is 0 Å². The topological polar surface area (TPSA) is 41.1 Å². The molecule has 3 nitrogen and oxygen atoms in total. The Labute approximate surface area is 115 Å². The number of anilines is 2. The van der Waals surface area contributed by atoms with E-state index in [-0.39, 0.29) is 5.91 Å². The highest BCUT2D eigenvalue weighted by Crippen LogP contribution is 2.28. The van der Waals surface area contributed by atoms with Crippen LogP contribution in [0.3, 0.4) is 0 Å². The van der Waals surface area contributed by atoms with Gasteiger partial charge in [-0.25, -0.2) is 0 Å². The molecule has 0 saturated heterocycles. The van der Waals surface area contributed by atoms with Gasteiger partial charge in [-0.3, -0.25) is 4.79 Å². The standard InChI is InChI=1S/C16H24N2O/c1-12-6-8-14(9-7-12)11-17-15-4-3-5-16(10-15)18-13(2)19/h3-5,10,12,14,17H,6-9,11H2,1-2H3,(H,18,19). The number of amides is 1. The molecule has 2 rings (SSSR count). The van der Waals surface area contributed by atoms with Gasteiger partial charge in [0.2, 0.25) is 5.91 Å². The maximum Gasteiger partial charge on any atom is 0.221 e. The summed E-state index contributed by atoms with van der Waals surface area (Å²) in [4.78, 5) is 11.0. The second-order valence-electron chi connectivity index (χ2n) is 5.77. The average molecular weight is 260 g/mol. The number of nitrogens with one attached hydrogen (secondary N) is 2. The van der Waals surface area contributed by atoms with Crippen LogP contribution in [-0.4, -0.2) is 12.5 Å². The smallest absolute Gasteiger partial charge is 0.221 e. The lowest BCUT2D eigenvalue weighted by Gasteiger charge is -2.26. The van der Waals surface area contributed by atoms with Crippen molar-refractivity contribution in [2.24, 2.45) is 11.8 Å². The molecule has 1 amide bonds. The number of benzene rings is 1. The molecule has 1 saturated carbocycles. The van der Waals surface area contributed by atoms with Crippen molar-refractivity contribution >= 4 is 17.3 Å². The summed E-state index contributed by atoms with van der Waals surface area (Å²) in [6.45, 7) is 4.92. The maximum atomic E-state index is 11.0. The Morgan fingerprint density at radius 1 is 1.21 bits per heavy atom. The number of rotatable bonds is 4. The van der Waals surface area contributed by atoms with Crippen molar-refractivity contribution in [3.05, 3.63) is 24.3 Å². The Hall–Kier alpha value is -1.51. The molecule has 0 aromatic heterocycles. The highest BCUT2D eigenvalue weighted by molar-refractivity contribution is 5.89. The Morgan fingerprint density at radius 3 is 2.58 bits per heavy atom. The van der Waals surface area contributed by atoms with E-state index in [0.29, 0.717) is 0 Å². The summed E-state index contributed by atoms with van der Waals surface area (Å²) in [5.74, 6) is 1.67. The van der Waals surface area contributed by atoms with E-state index in [0.717, 1.165) is 29.8 Å². The van der Waals surface area contributed by atoms with Gasteiger partial charge in [-0.15, -0.1) is 0 Å². The van der Waals surface area contributed by atoms with Gasteiger partial charge in [0, 0.05) is 24.8 Å². The van der Waals surface area contributed by atoms with Gasteiger partial charge in [0.25, 0.3) is 0 Å². The van der Waals surface area contributed by atoms with Crippen LogP contribution in [0.2, 0.25) is 0 Å². The van der Waals surface area contributed by atoms with Crippen molar-refractivity contribution in [3.63, 3.8) is 0 Å². The first-order chi connectivity index (χ1) is 9.13. The number of carbonyl (C=O) groups is 1. The first kappa shape index (κ1) is 13.9. The lowest BCUT2D eigenvalue weighted by atomic mass is 9.83. The molecule has 0 atom stereocenters. The average Bonchev–Trinajstić information content (AvgIpc) is 2.38. The highest BCUT2D eigenvalue weighted by Gasteiger charge is 2.17. The molecule has 1 aliphatic carbocycles.